The molecule has 0 atom stereocenters. The van der Waals surface area contributed by atoms with Crippen LogP contribution in [0, 0.1) is 13.8 Å². The van der Waals surface area contributed by atoms with Crippen LogP contribution in [-0.2, 0) is 24.8 Å². The molecule has 0 spiro atoms. The lowest BCUT2D eigenvalue weighted by Gasteiger charge is -2.24. The fourth-order valence-corrected chi connectivity index (χ4v) is 4.66. The Hall–Kier alpha value is -2.63. The third-order valence-electron chi connectivity index (χ3n) is 4.83. The minimum Gasteiger partial charge on any atom is -0.492 e. The predicted molar refractivity (Wildman–Crippen MR) is 124 cm³/mol. The molecule has 0 aliphatic carbocycles. The smallest absolute Gasteiger partial charge is 0.242 e. The van der Waals surface area contributed by atoms with Crippen molar-refractivity contribution >= 4 is 31.6 Å². The van der Waals surface area contributed by atoms with Gasteiger partial charge in [-0.05, 0) is 55.3 Å². The van der Waals surface area contributed by atoms with E-state index in [9.17, 15) is 21.6 Å². The molecule has 0 saturated carbocycles. The summed E-state index contributed by atoms with van der Waals surface area (Å²) in [5.41, 5.74) is 2.18. The second-order valence-corrected chi connectivity index (χ2v) is 11.5. The van der Waals surface area contributed by atoms with Gasteiger partial charge in [0.05, 0.1) is 23.4 Å². The van der Waals surface area contributed by atoms with Gasteiger partial charge >= 0.3 is 0 Å². The van der Waals surface area contributed by atoms with Gasteiger partial charge < -0.3 is 10.1 Å². The summed E-state index contributed by atoms with van der Waals surface area (Å²) in [4.78, 5) is 12.5. The van der Waals surface area contributed by atoms with Crippen LogP contribution in [0.3, 0.4) is 0 Å². The van der Waals surface area contributed by atoms with Gasteiger partial charge in [-0.25, -0.2) is 21.1 Å². The van der Waals surface area contributed by atoms with Gasteiger partial charge in [-0.15, -0.1) is 0 Å². The summed E-state index contributed by atoms with van der Waals surface area (Å²) in [6.45, 7) is 3.62. The van der Waals surface area contributed by atoms with Crippen molar-refractivity contribution in [2.24, 2.45) is 0 Å². The van der Waals surface area contributed by atoms with Gasteiger partial charge in [0.25, 0.3) is 0 Å². The topological polar surface area (TPSA) is 113 Å². The van der Waals surface area contributed by atoms with Gasteiger partial charge in [-0.1, -0.05) is 12.1 Å². The number of benzene rings is 2. The van der Waals surface area contributed by atoms with Gasteiger partial charge in [0.1, 0.15) is 18.9 Å². The number of hydrogen-bond acceptors (Lipinski definition) is 6. The van der Waals surface area contributed by atoms with E-state index in [1.807, 2.05) is 19.9 Å². The Labute approximate surface area is 190 Å². The molecule has 2 rings (SSSR count). The zero-order chi connectivity index (χ0) is 24.1. The summed E-state index contributed by atoms with van der Waals surface area (Å²) in [5, 5.41) is 2.64. The van der Waals surface area contributed by atoms with Crippen LogP contribution in [0.15, 0.2) is 47.4 Å². The quantitative estimate of drug-likeness (QED) is 0.513. The number of anilines is 1. The molecular formula is C21H29N3O6S2. The van der Waals surface area contributed by atoms with Gasteiger partial charge in [0.15, 0.2) is 0 Å². The second-order valence-electron chi connectivity index (χ2n) is 7.45. The molecule has 0 aromatic heterocycles. The normalized spacial score (nSPS) is 11.9. The van der Waals surface area contributed by atoms with Crippen molar-refractivity contribution in [3.05, 3.63) is 53.6 Å². The number of nitrogens with zero attached hydrogens (tertiary/aromatic N) is 2. The van der Waals surface area contributed by atoms with E-state index in [-0.39, 0.29) is 24.6 Å². The van der Waals surface area contributed by atoms with E-state index in [0.717, 1.165) is 26.0 Å². The van der Waals surface area contributed by atoms with Crippen molar-refractivity contribution in [1.82, 2.24) is 9.62 Å². The Morgan fingerprint density at radius 1 is 1.00 bits per heavy atom. The van der Waals surface area contributed by atoms with E-state index >= 15 is 0 Å². The van der Waals surface area contributed by atoms with Gasteiger partial charge in [0.2, 0.25) is 26.0 Å². The number of hydrogen-bond donors (Lipinski definition) is 1. The lowest BCUT2D eigenvalue weighted by atomic mass is 10.1. The van der Waals surface area contributed by atoms with E-state index in [4.69, 9.17) is 4.74 Å². The highest BCUT2D eigenvalue weighted by Gasteiger charge is 2.22. The fourth-order valence-electron chi connectivity index (χ4n) is 2.85. The van der Waals surface area contributed by atoms with Crippen LogP contribution in [0.2, 0.25) is 0 Å². The molecule has 2 aromatic rings. The molecular weight excluding hydrogens is 454 g/mol. The Morgan fingerprint density at radius 3 is 2.19 bits per heavy atom. The molecule has 0 bridgehead atoms. The van der Waals surface area contributed by atoms with E-state index in [1.165, 1.54) is 38.4 Å². The first-order valence-electron chi connectivity index (χ1n) is 9.80. The first-order chi connectivity index (χ1) is 14.8. The van der Waals surface area contributed by atoms with Crippen molar-refractivity contribution < 1.29 is 26.4 Å². The van der Waals surface area contributed by atoms with Crippen LogP contribution in [0.25, 0.3) is 0 Å². The maximum atomic E-state index is 12.4. The summed E-state index contributed by atoms with van der Waals surface area (Å²) >= 11 is 0. The van der Waals surface area contributed by atoms with Crippen LogP contribution in [-0.4, -0.2) is 67.1 Å². The maximum Gasteiger partial charge on any atom is 0.242 e. The fraction of sp³-hybridized carbons (Fsp3) is 0.381. The molecule has 0 heterocycles. The standard InChI is InChI=1S/C21H29N3O6S2/c1-16-7-6-8-20(17(16)2)24(31(5,26)27)15-21(25)22-13-14-30-18-9-11-19(12-10-18)32(28,29)23(3)4/h6-12H,13-15H2,1-5H3,(H,22,25). The molecule has 0 unspecified atom stereocenters. The van der Waals surface area contributed by atoms with Crippen LogP contribution in [0.1, 0.15) is 11.1 Å². The first-order valence-corrected chi connectivity index (χ1v) is 13.1. The maximum absolute atomic E-state index is 12.4. The number of amides is 1. The molecule has 1 N–H and O–H groups in total. The minimum atomic E-state index is -3.66. The van der Waals surface area contributed by atoms with Crippen molar-refractivity contribution in [2.75, 3.05) is 44.4 Å². The van der Waals surface area contributed by atoms with Crippen LogP contribution >= 0.6 is 0 Å². The molecule has 32 heavy (non-hydrogen) atoms. The van der Waals surface area contributed by atoms with Crippen molar-refractivity contribution in [3.8, 4) is 5.75 Å². The largest absolute Gasteiger partial charge is 0.492 e. The average Bonchev–Trinajstić information content (AvgIpc) is 2.71. The molecule has 1 amide bonds. The lowest BCUT2D eigenvalue weighted by Crippen LogP contribution is -2.41. The third-order valence-corrected chi connectivity index (χ3v) is 7.78. The summed E-state index contributed by atoms with van der Waals surface area (Å²) in [7, 11) is -4.27. The van der Waals surface area contributed by atoms with E-state index in [0.29, 0.717) is 11.4 Å². The zero-order valence-corrected chi connectivity index (χ0v) is 20.5. The van der Waals surface area contributed by atoms with E-state index in [1.54, 1.807) is 12.1 Å². The number of nitrogens with one attached hydrogen (secondary N) is 1. The number of sulfonamides is 2. The predicted octanol–water partition coefficient (Wildman–Crippen LogP) is 1.51. The summed E-state index contributed by atoms with van der Waals surface area (Å²) in [6.07, 6.45) is 1.06. The highest BCUT2D eigenvalue weighted by molar-refractivity contribution is 7.92. The van der Waals surface area contributed by atoms with Crippen LogP contribution in [0.4, 0.5) is 5.69 Å². The Morgan fingerprint density at radius 2 is 1.62 bits per heavy atom. The zero-order valence-electron chi connectivity index (χ0n) is 18.8. The average molecular weight is 484 g/mol. The highest BCUT2D eigenvalue weighted by atomic mass is 32.2. The number of ether oxygens (including phenoxy) is 1. The van der Waals surface area contributed by atoms with Gasteiger partial charge in [-0.2, -0.15) is 0 Å². The van der Waals surface area contributed by atoms with E-state index < -0.39 is 26.0 Å². The van der Waals surface area contributed by atoms with Crippen molar-refractivity contribution in [2.45, 2.75) is 18.7 Å². The molecule has 11 heteroatoms. The molecule has 176 valence electrons. The molecule has 9 nitrogen and oxygen atoms in total. The number of rotatable bonds is 10. The number of carbonyl (C=O) groups excluding carboxylic acids is 1. The summed E-state index contributed by atoms with van der Waals surface area (Å²) < 4.78 is 56.4. The Balaban J connectivity index is 1.93. The van der Waals surface area contributed by atoms with E-state index in [2.05, 4.69) is 5.32 Å². The molecule has 0 aliphatic heterocycles. The molecule has 0 aliphatic rings. The third kappa shape index (κ3) is 6.44. The molecule has 0 saturated heterocycles. The minimum absolute atomic E-state index is 0.133. The molecule has 2 aromatic carbocycles. The monoisotopic (exact) mass is 483 g/mol. The van der Waals surface area contributed by atoms with Crippen LogP contribution in [0.5, 0.6) is 5.75 Å². The second kappa shape index (κ2) is 10.3. The number of carbonyl (C=O) groups is 1. The Kier molecular flexibility index (Phi) is 8.27. The Bertz CT molecular complexity index is 1160. The van der Waals surface area contributed by atoms with Gasteiger partial charge in [-0.3, -0.25) is 9.10 Å². The van der Waals surface area contributed by atoms with Crippen molar-refractivity contribution in [3.63, 3.8) is 0 Å². The number of aryl methyl sites for hydroxylation is 1. The molecule has 0 radical (unpaired) electrons. The SMILES string of the molecule is Cc1cccc(N(CC(=O)NCCOc2ccc(S(=O)(=O)N(C)C)cc2)S(C)(=O)=O)c1C. The molecule has 0 fully saturated rings. The van der Waals surface area contributed by atoms with Gasteiger partial charge in [0, 0.05) is 14.1 Å². The summed E-state index contributed by atoms with van der Waals surface area (Å²) in [5.74, 6) is -0.0162. The summed E-state index contributed by atoms with van der Waals surface area (Å²) in [6, 6.07) is 11.2. The van der Waals surface area contributed by atoms with Crippen molar-refractivity contribution in [1.29, 1.82) is 0 Å². The lowest BCUT2D eigenvalue weighted by molar-refractivity contribution is -0.119. The highest BCUT2D eigenvalue weighted by Crippen LogP contribution is 2.24. The van der Waals surface area contributed by atoms with Crippen LogP contribution < -0.4 is 14.4 Å². The first kappa shape index (κ1) is 25.6.